The van der Waals surface area contributed by atoms with Crippen LogP contribution in [-0.2, 0) is 10.0 Å². The first-order valence-electron chi connectivity index (χ1n) is 5.95. The fraction of sp³-hybridized carbons (Fsp3) is 0.545. The van der Waals surface area contributed by atoms with Crippen molar-refractivity contribution in [3.63, 3.8) is 0 Å². The van der Waals surface area contributed by atoms with Gasteiger partial charge in [0.25, 0.3) is 10.0 Å². The van der Waals surface area contributed by atoms with E-state index in [9.17, 15) is 8.42 Å². The van der Waals surface area contributed by atoms with Crippen molar-refractivity contribution in [1.82, 2.24) is 4.31 Å². The first-order valence-corrected chi connectivity index (χ1v) is 8.58. The number of oxime groups is 1. The van der Waals surface area contributed by atoms with E-state index in [1.54, 1.807) is 6.07 Å². The third-order valence-corrected chi connectivity index (χ3v) is 6.84. The fourth-order valence-corrected chi connectivity index (χ4v) is 5.29. The summed E-state index contributed by atoms with van der Waals surface area (Å²) in [5, 5.41) is 12.2. The Kier molecular flexibility index (Phi) is 4.50. The highest BCUT2D eigenvalue weighted by molar-refractivity contribution is 7.91. The fourth-order valence-electron chi connectivity index (χ4n) is 2.16. The second-order valence-corrected chi connectivity index (χ2v) is 8.25. The van der Waals surface area contributed by atoms with Crippen molar-refractivity contribution in [2.75, 3.05) is 13.1 Å². The monoisotopic (exact) mass is 322 g/mol. The number of hydrogen-bond donors (Lipinski definition) is 1. The minimum atomic E-state index is -3.49. The summed E-state index contributed by atoms with van der Waals surface area (Å²) in [5.74, 6) is -0.0241. The summed E-state index contributed by atoms with van der Waals surface area (Å²) >= 11 is 6.85. The summed E-state index contributed by atoms with van der Waals surface area (Å²) in [5.41, 5.74) is 0.679. The smallest absolute Gasteiger partial charge is 0.252 e. The lowest BCUT2D eigenvalue weighted by Crippen LogP contribution is -2.43. The SMILES string of the molecule is CCC1CN(S(=O)(=O)c2ccc(Cl)s2)CC/C1=N\O. The molecular formula is C11H15ClN2O3S2. The molecule has 0 amide bonds. The molecule has 0 saturated carbocycles. The Morgan fingerprint density at radius 1 is 1.58 bits per heavy atom. The average Bonchev–Trinajstić information content (AvgIpc) is 2.85. The highest BCUT2D eigenvalue weighted by atomic mass is 35.5. The van der Waals surface area contributed by atoms with E-state index in [1.807, 2.05) is 6.92 Å². The summed E-state index contributed by atoms with van der Waals surface area (Å²) in [7, 11) is -3.49. The molecule has 0 aliphatic carbocycles. The molecule has 1 aromatic rings. The van der Waals surface area contributed by atoms with Crippen molar-refractivity contribution < 1.29 is 13.6 Å². The third kappa shape index (κ3) is 2.94. The lowest BCUT2D eigenvalue weighted by atomic mass is 9.95. The van der Waals surface area contributed by atoms with E-state index < -0.39 is 10.0 Å². The number of piperidine rings is 1. The number of sulfonamides is 1. The van der Waals surface area contributed by atoms with Crippen LogP contribution in [0.4, 0.5) is 0 Å². The minimum absolute atomic E-state index is 0.0241. The maximum Gasteiger partial charge on any atom is 0.252 e. The van der Waals surface area contributed by atoms with Crippen LogP contribution in [0.2, 0.25) is 4.34 Å². The van der Waals surface area contributed by atoms with Gasteiger partial charge in [-0.1, -0.05) is 23.7 Å². The van der Waals surface area contributed by atoms with Crippen LogP contribution < -0.4 is 0 Å². The Balaban J connectivity index is 2.23. The van der Waals surface area contributed by atoms with Crippen LogP contribution >= 0.6 is 22.9 Å². The summed E-state index contributed by atoms with van der Waals surface area (Å²) in [6.07, 6.45) is 1.21. The van der Waals surface area contributed by atoms with Crippen molar-refractivity contribution in [2.45, 2.75) is 24.0 Å². The van der Waals surface area contributed by atoms with E-state index in [4.69, 9.17) is 16.8 Å². The highest BCUT2D eigenvalue weighted by Gasteiger charge is 2.33. The zero-order chi connectivity index (χ0) is 14.0. The molecule has 2 rings (SSSR count). The van der Waals surface area contributed by atoms with Gasteiger partial charge >= 0.3 is 0 Å². The minimum Gasteiger partial charge on any atom is -0.411 e. The Morgan fingerprint density at radius 3 is 2.84 bits per heavy atom. The van der Waals surface area contributed by atoms with Crippen molar-refractivity contribution in [1.29, 1.82) is 0 Å². The first kappa shape index (κ1) is 14.8. The predicted octanol–water partition coefficient (Wildman–Crippen LogP) is 2.65. The maximum absolute atomic E-state index is 12.4. The van der Waals surface area contributed by atoms with Gasteiger partial charge in [-0.25, -0.2) is 8.42 Å². The highest BCUT2D eigenvalue weighted by Crippen LogP contribution is 2.30. The van der Waals surface area contributed by atoms with Gasteiger partial charge in [-0.3, -0.25) is 0 Å². The lowest BCUT2D eigenvalue weighted by molar-refractivity contribution is 0.296. The van der Waals surface area contributed by atoms with Crippen molar-refractivity contribution >= 4 is 38.7 Å². The normalized spacial score (nSPS) is 23.9. The molecule has 1 fully saturated rings. The van der Waals surface area contributed by atoms with E-state index >= 15 is 0 Å². The van der Waals surface area contributed by atoms with Gasteiger partial charge in [-0.05, 0) is 18.6 Å². The van der Waals surface area contributed by atoms with Gasteiger partial charge < -0.3 is 5.21 Å². The second-order valence-electron chi connectivity index (χ2n) is 4.37. The molecule has 1 N–H and O–H groups in total. The van der Waals surface area contributed by atoms with E-state index in [1.165, 1.54) is 10.4 Å². The van der Waals surface area contributed by atoms with Gasteiger partial charge in [0.2, 0.25) is 0 Å². The van der Waals surface area contributed by atoms with Crippen molar-refractivity contribution in [3.8, 4) is 0 Å². The second kappa shape index (κ2) is 5.78. The Labute approximate surface area is 121 Å². The Hall–Kier alpha value is -0.630. The summed E-state index contributed by atoms with van der Waals surface area (Å²) in [6.45, 7) is 2.65. The van der Waals surface area contributed by atoms with Crippen LogP contribution in [0.15, 0.2) is 21.5 Å². The molecule has 1 atom stereocenters. The van der Waals surface area contributed by atoms with Gasteiger partial charge in [0.15, 0.2) is 0 Å². The molecule has 0 radical (unpaired) electrons. The van der Waals surface area contributed by atoms with Crippen molar-refractivity contribution in [3.05, 3.63) is 16.5 Å². The van der Waals surface area contributed by atoms with E-state index in [-0.39, 0.29) is 10.1 Å². The van der Waals surface area contributed by atoms with Crippen LogP contribution in [0, 0.1) is 5.92 Å². The van der Waals surface area contributed by atoms with Crippen LogP contribution in [0.5, 0.6) is 0 Å². The largest absolute Gasteiger partial charge is 0.411 e. The molecule has 8 heteroatoms. The van der Waals surface area contributed by atoms with Gasteiger partial charge in [0.05, 0.1) is 10.0 Å². The van der Waals surface area contributed by atoms with Gasteiger partial charge in [0.1, 0.15) is 4.21 Å². The van der Waals surface area contributed by atoms with Gasteiger partial charge in [-0.15, -0.1) is 11.3 Å². The number of nitrogens with zero attached hydrogens (tertiary/aromatic N) is 2. The topological polar surface area (TPSA) is 70.0 Å². The molecular weight excluding hydrogens is 308 g/mol. The van der Waals surface area contributed by atoms with Crippen LogP contribution in [0.3, 0.4) is 0 Å². The number of hydrogen-bond acceptors (Lipinski definition) is 5. The standard InChI is InChI=1S/C11H15ClN2O3S2/c1-2-8-7-14(6-5-9(8)13-15)19(16,17)11-4-3-10(12)18-11/h3-4,8,15H,2,5-7H2,1H3/b13-9+. The molecule has 0 spiro atoms. The van der Waals surface area contributed by atoms with Crippen LogP contribution in [0.1, 0.15) is 19.8 Å². The van der Waals surface area contributed by atoms with Crippen LogP contribution in [0.25, 0.3) is 0 Å². The number of halogens is 1. The molecule has 1 saturated heterocycles. The van der Waals surface area contributed by atoms with Crippen molar-refractivity contribution in [2.24, 2.45) is 11.1 Å². The van der Waals surface area contributed by atoms with Gasteiger partial charge in [-0.2, -0.15) is 4.31 Å². The zero-order valence-electron chi connectivity index (χ0n) is 10.4. The van der Waals surface area contributed by atoms with Gasteiger partial charge in [0, 0.05) is 25.4 Å². The molecule has 1 unspecified atom stereocenters. The number of thiophene rings is 1. The molecule has 1 aliphatic heterocycles. The quantitative estimate of drug-likeness (QED) is 0.687. The molecule has 2 heterocycles. The molecule has 19 heavy (non-hydrogen) atoms. The average molecular weight is 323 g/mol. The van der Waals surface area contributed by atoms with E-state index in [0.717, 1.165) is 17.8 Å². The molecule has 0 aromatic carbocycles. The Morgan fingerprint density at radius 2 is 2.32 bits per heavy atom. The summed E-state index contributed by atoms with van der Waals surface area (Å²) < 4.78 is 27.0. The molecule has 0 bridgehead atoms. The third-order valence-electron chi connectivity index (χ3n) is 3.28. The maximum atomic E-state index is 12.4. The molecule has 106 valence electrons. The van der Waals surface area contributed by atoms with E-state index in [2.05, 4.69) is 5.16 Å². The molecule has 5 nitrogen and oxygen atoms in total. The summed E-state index contributed by atoms with van der Waals surface area (Å²) in [4.78, 5) is 0. The Bertz CT molecular complexity index is 583. The first-order chi connectivity index (χ1) is 8.98. The molecule has 1 aliphatic rings. The lowest BCUT2D eigenvalue weighted by Gasteiger charge is -2.31. The zero-order valence-corrected chi connectivity index (χ0v) is 12.8. The van der Waals surface area contributed by atoms with Crippen LogP contribution in [-0.4, -0.2) is 36.7 Å². The number of rotatable bonds is 3. The predicted molar refractivity (Wildman–Crippen MR) is 75.7 cm³/mol. The summed E-state index contributed by atoms with van der Waals surface area (Å²) in [6, 6.07) is 3.11. The van der Waals surface area contributed by atoms with E-state index in [0.29, 0.717) is 29.6 Å². The molecule has 1 aromatic heterocycles.